The van der Waals surface area contributed by atoms with Gasteiger partial charge in [-0.1, -0.05) is 53.2 Å². The van der Waals surface area contributed by atoms with Crippen LogP contribution in [-0.4, -0.2) is 52.4 Å². The Kier molecular flexibility index (Phi) is 8.75. The van der Waals surface area contributed by atoms with Gasteiger partial charge in [-0.2, -0.15) is 0 Å². The van der Waals surface area contributed by atoms with E-state index in [1.165, 1.54) is 0 Å². The molecule has 6 nitrogen and oxygen atoms in total. The SMILES string of the molecule is CCC(c1nc2c(c(=O)n1Cc1ccccc1)CCCC2)N(CCN(C)C)C(=O)c1ccc(Br)cc1. The quantitative estimate of drug-likeness (QED) is 0.372. The number of rotatable bonds is 9. The molecule has 2 aromatic carbocycles. The van der Waals surface area contributed by atoms with Gasteiger partial charge in [0.2, 0.25) is 0 Å². The van der Waals surface area contributed by atoms with Gasteiger partial charge in [0.1, 0.15) is 5.82 Å². The molecule has 7 heteroatoms. The minimum Gasteiger partial charge on any atom is -0.327 e. The van der Waals surface area contributed by atoms with Gasteiger partial charge < -0.3 is 9.80 Å². The first kappa shape index (κ1) is 26.3. The molecule has 1 atom stereocenters. The zero-order chi connectivity index (χ0) is 25.7. The Balaban J connectivity index is 1.83. The third-order valence-corrected chi connectivity index (χ3v) is 7.38. The largest absolute Gasteiger partial charge is 0.327 e. The highest BCUT2D eigenvalue weighted by Gasteiger charge is 2.30. The van der Waals surface area contributed by atoms with E-state index < -0.39 is 0 Å². The van der Waals surface area contributed by atoms with Crippen LogP contribution in [0, 0.1) is 0 Å². The molecule has 1 amide bonds. The molecule has 4 rings (SSSR count). The van der Waals surface area contributed by atoms with Crippen molar-refractivity contribution in [2.24, 2.45) is 0 Å². The van der Waals surface area contributed by atoms with Crippen LogP contribution in [-0.2, 0) is 19.4 Å². The predicted molar refractivity (Wildman–Crippen MR) is 147 cm³/mol. The fraction of sp³-hybridized carbons (Fsp3) is 0.414. The summed E-state index contributed by atoms with van der Waals surface area (Å²) >= 11 is 3.47. The molecule has 1 unspecified atom stereocenters. The summed E-state index contributed by atoms with van der Waals surface area (Å²) in [4.78, 5) is 36.8. The molecule has 0 spiro atoms. The second-order valence-electron chi connectivity index (χ2n) is 9.71. The molecule has 36 heavy (non-hydrogen) atoms. The summed E-state index contributed by atoms with van der Waals surface area (Å²) < 4.78 is 2.75. The van der Waals surface area contributed by atoms with Gasteiger partial charge in [-0.25, -0.2) is 4.98 Å². The number of aryl methyl sites for hydroxylation is 1. The minimum absolute atomic E-state index is 0.0423. The zero-order valence-corrected chi connectivity index (χ0v) is 23.0. The highest BCUT2D eigenvalue weighted by Crippen LogP contribution is 2.27. The smallest absolute Gasteiger partial charge is 0.257 e. The van der Waals surface area contributed by atoms with Gasteiger partial charge in [0, 0.05) is 28.7 Å². The van der Waals surface area contributed by atoms with Gasteiger partial charge in [0.05, 0.1) is 18.3 Å². The van der Waals surface area contributed by atoms with Crippen molar-refractivity contribution in [2.75, 3.05) is 27.2 Å². The first-order valence-corrected chi connectivity index (χ1v) is 13.6. The first-order valence-electron chi connectivity index (χ1n) is 12.8. The fourth-order valence-electron chi connectivity index (χ4n) is 4.89. The highest BCUT2D eigenvalue weighted by atomic mass is 79.9. The number of halogens is 1. The Labute approximate surface area is 222 Å². The van der Waals surface area contributed by atoms with Crippen LogP contribution < -0.4 is 5.56 Å². The second kappa shape index (κ2) is 12.0. The predicted octanol–water partition coefficient (Wildman–Crippen LogP) is 5.09. The lowest BCUT2D eigenvalue weighted by molar-refractivity contribution is 0.0641. The van der Waals surface area contributed by atoms with E-state index in [0.717, 1.165) is 47.0 Å². The summed E-state index contributed by atoms with van der Waals surface area (Å²) in [6.07, 6.45) is 4.31. The van der Waals surface area contributed by atoms with Crippen LogP contribution in [0.1, 0.15) is 65.2 Å². The number of hydrogen-bond donors (Lipinski definition) is 0. The number of carbonyl (C=O) groups excluding carboxylic acids is 1. The summed E-state index contributed by atoms with van der Waals surface area (Å²) in [5.74, 6) is 0.644. The number of fused-ring (bicyclic) bond motifs is 1. The average Bonchev–Trinajstić information content (AvgIpc) is 2.89. The number of nitrogens with zero attached hydrogens (tertiary/aromatic N) is 4. The standard InChI is InChI=1S/C29H35BrN4O2/c1-4-26(33(19-18-32(2)3)28(35)22-14-16-23(30)17-15-22)27-31-25-13-9-8-12-24(25)29(36)34(27)20-21-10-6-5-7-11-21/h5-7,10-11,14-17,26H,4,8-9,12-13,18-20H2,1-3H3. The normalized spacial score (nSPS) is 13.9. The van der Waals surface area contributed by atoms with E-state index >= 15 is 0 Å². The molecule has 0 bridgehead atoms. The lowest BCUT2D eigenvalue weighted by Gasteiger charge is -2.34. The maximum Gasteiger partial charge on any atom is 0.257 e. The monoisotopic (exact) mass is 550 g/mol. The Morgan fingerprint density at radius 1 is 1.03 bits per heavy atom. The van der Waals surface area contributed by atoms with Gasteiger partial charge >= 0.3 is 0 Å². The van der Waals surface area contributed by atoms with Crippen LogP contribution >= 0.6 is 15.9 Å². The molecule has 0 radical (unpaired) electrons. The maximum atomic E-state index is 13.9. The summed E-state index contributed by atoms with van der Waals surface area (Å²) in [5.41, 5.74) is 3.47. The van der Waals surface area contributed by atoms with E-state index in [-0.39, 0.29) is 17.5 Å². The molecular formula is C29H35BrN4O2. The molecule has 1 aliphatic rings. The van der Waals surface area contributed by atoms with Crippen molar-refractivity contribution >= 4 is 21.8 Å². The summed E-state index contributed by atoms with van der Waals surface area (Å²) in [5, 5.41) is 0. The molecule has 3 aromatic rings. The van der Waals surface area contributed by atoms with Crippen molar-refractivity contribution in [2.45, 2.75) is 51.6 Å². The van der Waals surface area contributed by atoms with Gasteiger partial charge in [0.25, 0.3) is 11.5 Å². The Bertz CT molecular complexity index is 1240. The molecule has 0 aliphatic heterocycles. The number of likely N-dealkylation sites (N-methyl/N-ethyl adjacent to an activating group) is 1. The number of hydrogen-bond acceptors (Lipinski definition) is 4. The van der Waals surface area contributed by atoms with Crippen LogP contribution in [0.5, 0.6) is 0 Å². The van der Waals surface area contributed by atoms with Crippen molar-refractivity contribution in [1.82, 2.24) is 19.4 Å². The zero-order valence-electron chi connectivity index (χ0n) is 21.4. The van der Waals surface area contributed by atoms with Crippen LogP contribution in [0.4, 0.5) is 0 Å². The van der Waals surface area contributed by atoms with E-state index in [0.29, 0.717) is 37.4 Å². The number of carbonyl (C=O) groups is 1. The lowest BCUT2D eigenvalue weighted by Crippen LogP contribution is -2.43. The van der Waals surface area contributed by atoms with Crippen LogP contribution in [0.2, 0.25) is 0 Å². The molecule has 1 aromatic heterocycles. The third kappa shape index (κ3) is 5.95. The van der Waals surface area contributed by atoms with E-state index in [1.807, 2.05) is 78.2 Å². The molecule has 0 N–H and O–H groups in total. The van der Waals surface area contributed by atoms with E-state index in [2.05, 4.69) is 27.8 Å². The molecule has 1 heterocycles. The summed E-state index contributed by atoms with van der Waals surface area (Å²) in [7, 11) is 4.01. The number of amides is 1. The van der Waals surface area contributed by atoms with Crippen molar-refractivity contribution in [3.63, 3.8) is 0 Å². The van der Waals surface area contributed by atoms with Crippen LogP contribution in [0.15, 0.2) is 63.9 Å². The molecule has 0 fully saturated rings. The van der Waals surface area contributed by atoms with Crippen LogP contribution in [0.3, 0.4) is 0 Å². The maximum absolute atomic E-state index is 13.9. The minimum atomic E-state index is -0.315. The van der Waals surface area contributed by atoms with Gasteiger partial charge in [0.15, 0.2) is 0 Å². The van der Waals surface area contributed by atoms with Gasteiger partial charge in [-0.3, -0.25) is 14.2 Å². The highest BCUT2D eigenvalue weighted by molar-refractivity contribution is 9.10. The fourth-order valence-corrected chi connectivity index (χ4v) is 5.15. The van der Waals surface area contributed by atoms with E-state index in [9.17, 15) is 9.59 Å². The van der Waals surface area contributed by atoms with Crippen molar-refractivity contribution in [1.29, 1.82) is 0 Å². The second-order valence-corrected chi connectivity index (χ2v) is 10.6. The lowest BCUT2D eigenvalue weighted by atomic mass is 9.96. The van der Waals surface area contributed by atoms with Crippen LogP contribution in [0.25, 0.3) is 0 Å². The molecule has 1 aliphatic carbocycles. The Morgan fingerprint density at radius 2 is 1.72 bits per heavy atom. The summed E-state index contributed by atoms with van der Waals surface area (Å²) in [6.45, 7) is 3.77. The Morgan fingerprint density at radius 3 is 2.39 bits per heavy atom. The molecule has 190 valence electrons. The van der Waals surface area contributed by atoms with Crippen molar-refractivity contribution in [3.8, 4) is 0 Å². The average molecular weight is 552 g/mol. The first-order chi connectivity index (χ1) is 17.4. The summed E-state index contributed by atoms with van der Waals surface area (Å²) in [6, 6.07) is 17.2. The van der Waals surface area contributed by atoms with Gasteiger partial charge in [-0.15, -0.1) is 0 Å². The van der Waals surface area contributed by atoms with E-state index in [1.54, 1.807) is 0 Å². The third-order valence-electron chi connectivity index (χ3n) is 6.85. The van der Waals surface area contributed by atoms with Gasteiger partial charge in [-0.05, 0) is 76.0 Å². The topological polar surface area (TPSA) is 58.4 Å². The number of aromatic nitrogens is 2. The number of benzene rings is 2. The molecule has 0 saturated heterocycles. The van der Waals surface area contributed by atoms with Crippen molar-refractivity contribution < 1.29 is 4.79 Å². The molecule has 0 saturated carbocycles. The molecular weight excluding hydrogens is 516 g/mol. The van der Waals surface area contributed by atoms with Crippen molar-refractivity contribution in [3.05, 3.63) is 97.6 Å². The van der Waals surface area contributed by atoms with E-state index in [4.69, 9.17) is 4.98 Å². The Hall–Kier alpha value is -2.77.